The number of amidine groups is 1. The molecule has 0 bridgehead atoms. The van der Waals surface area contributed by atoms with Gasteiger partial charge in [0.05, 0.1) is 13.1 Å². The van der Waals surface area contributed by atoms with Gasteiger partial charge in [-0.05, 0) is 44.9 Å². The molecule has 2 unspecified atom stereocenters. The highest BCUT2D eigenvalue weighted by molar-refractivity contribution is 5.76. The summed E-state index contributed by atoms with van der Waals surface area (Å²) in [6.07, 6.45) is 38.2. The normalized spacial score (nSPS) is 18.5. The molecule has 1 N–H and O–H groups in total. The van der Waals surface area contributed by atoms with E-state index in [0.29, 0.717) is 0 Å². The average molecular weight is 534 g/mol. The maximum atomic E-state index is 10.7. The first kappa shape index (κ1) is 35.4. The predicted octanol–water partition coefficient (Wildman–Crippen LogP) is 10.9. The summed E-state index contributed by atoms with van der Waals surface area (Å²) < 4.78 is 0.765. The second-order valence-electron chi connectivity index (χ2n) is 12.3. The van der Waals surface area contributed by atoms with Crippen molar-refractivity contribution < 1.29 is 9.59 Å². The molecule has 1 heterocycles. The Bertz CT molecular complexity index is 570. The third kappa shape index (κ3) is 17.1. The molecule has 1 rings (SSSR count). The van der Waals surface area contributed by atoms with Crippen LogP contribution < -0.4 is 0 Å². The molecule has 0 amide bonds. The summed E-state index contributed by atoms with van der Waals surface area (Å²) in [7, 11) is 0. The Hall–Kier alpha value is -0.670. The molecule has 3 nitrogen and oxygen atoms in total. The fourth-order valence-electron chi connectivity index (χ4n) is 6.17. The van der Waals surface area contributed by atoms with Crippen molar-refractivity contribution in [2.45, 2.75) is 188 Å². The highest BCUT2D eigenvalue weighted by atomic mass is 16.3. The molecule has 0 spiro atoms. The largest absolute Gasteiger partial charge is 0.345 e. The summed E-state index contributed by atoms with van der Waals surface area (Å²) >= 11 is 0. The van der Waals surface area contributed by atoms with Crippen molar-refractivity contribution in [1.82, 2.24) is 0 Å². The van der Waals surface area contributed by atoms with Crippen molar-refractivity contribution in [3.05, 3.63) is 12.2 Å². The highest BCUT2D eigenvalue weighted by Gasteiger charge is 2.41. The standard InChI is InChI=1S/C35H69N2O/c1-4-6-8-10-12-14-16-17-18-19-20-21-23-25-27-29-32-37(34(3)38)33-31-36-35(37)30-28-26-24-22-15-13-11-9-7-5-2/h17-18,34,38H,4-16,19-33H2,1-3H3/q+1. The third-order valence-electron chi connectivity index (χ3n) is 8.85. The van der Waals surface area contributed by atoms with Crippen LogP contribution in [-0.2, 0) is 0 Å². The molecule has 0 saturated carbocycles. The topological polar surface area (TPSA) is 32.6 Å². The minimum atomic E-state index is -0.317. The maximum absolute atomic E-state index is 10.7. The molecule has 0 radical (unpaired) electrons. The predicted molar refractivity (Wildman–Crippen MR) is 170 cm³/mol. The monoisotopic (exact) mass is 534 g/mol. The number of aliphatic hydroxyl groups excluding tert-OH is 1. The highest BCUT2D eigenvalue weighted by Crippen LogP contribution is 2.25. The molecule has 0 aromatic carbocycles. The zero-order valence-electron chi connectivity index (χ0n) is 26.4. The molecule has 38 heavy (non-hydrogen) atoms. The number of quaternary nitrogens is 1. The Morgan fingerprint density at radius 1 is 0.632 bits per heavy atom. The smallest absolute Gasteiger partial charge is 0.200 e. The summed E-state index contributed by atoms with van der Waals surface area (Å²) in [5, 5.41) is 10.7. The van der Waals surface area contributed by atoms with Crippen molar-refractivity contribution in [2.75, 3.05) is 19.6 Å². The average Bonchev–Trinajstić information content (AvgIpc) is 3.33. The van der Waals surface area contributed by atoms with Crippen LogP contribution in [0.25, 0.3) is 0 Å². The van der Waals surface area contributed by atoms with Gasteiger partial charge in [-0.25, -0.2) is 4.99 Å². The minimum absolute atomic E-state index is 0.317. The van der Waals surface area contributed by atoms with E-state index in [1.54, 1.807) is 0 Å². The van der Waals surface area contributed by atoms with E-state index < -0.39 is 0 Å². The SMILES string of the molecule is CCCCCCCCC=CCCCCCCCC[N+]1(C(C)O)CCN=C1CCCCCCCCCCCC. The minimum Gasteiger partial charge on any atom is -0.345 e. The number of hydrogen-bond donors (Lipinski definition) is 1. The van der Waals surface area contributed by atoms with E-state index in [-0.39, 0.29) is 6.23 Å². The molecule has 224 valence electrons. The van der Waals surface area contributed by atoms with E-state index in [2.05, 4.69) is 26.0 Å². The van der Waals surface area contributed by atoms with E-state index in [1.165, 1.54) is 160 Å². The van der Waals surface area contributed by atoms with Gasteiger partial charge in [-0.2, -0.15) is 0 Å². The molecule has 2 atom stereocenters. The Kier molecular flexibility index (Phi) is 23.5. The number of aliphatic hydroxyl groups is 1. The molecule has 0 aliphatic carbocycles. The molecule has 1 aliphatic heterocycles. The van der Waals surface area contributed by atoms with Gasteiger partial charge in [0, 0.05) is 13.3 Å². The Labute approximate surface area is 239 Å². The molecule has 0 aromatic heterocycles. The lowest BCUT2D eigenvalue weighted by molar-refractivity contribution is -0.884. The van der Waals surface area contributed by atoms with E-state index in [0.717, 1.165) is 30.5 Å². The van der Waals surface area contributed by atoms with Gasteiger partial charge in [0.2, 0.25) is 5.84 Å². The van der Waals surface area contributed by atoms with Gasteiger partial charge in [-0.15, -0.1) is 0 Å². The van der Waals surface area contributed by atoms with Gasteiger partial charge < -0.3 is 5.11 Å². The molecule has 3 heteroatoms. The summed E-state index contributed by atoms with van der Waals surface area (Å²) in [5.74, 6) is 1.30. The van der Waals surface area contributed by atoms with Crippen LogP contribution in [0.1, 0.15) is 181 Å². The zero-order valence-corrected chi connectivity index (χ0v) is 26.4. The lowest BCUT2D eigenvalue weighted by Gasteiger charge is -2.37. The van der Waals surface area contributed by atoms with Gasteiger partial charge in [0.25, 0.3) is 0 Å². The van der Waals surface area contributed by atoms with Gasteiger partial charge in [-0.1, -0.05) is 135 Å². The first-order valence-corrected chi connectivity index (χ1v) is 17.4. The van der Waals surface area contributed by atoms with Gasteiger partial charge in [0.1, 0.15) is 6.54 Å². The Morgan fingerprint density at radius 3 is 1.53 bits per heavy atom. The van der Waals surface area contributed by atoms with E-state index in [4.69, 9.17) is 4.99 Å². The number of aliphatic imine (C=N–C) groups is 1. The second kappa shape index (κ2) is 25.3. The van der Waals surface area contributed by atoms with Crippen molar-refractivity contribution in [3.8, 4) is 0 Å². The number of unbranched alkanes of at least 4 members (excludes halogenated alkanes) is 21. The summed E-state index contributed by atoms with van der Waals surface area (Å²) in [6, 6.07) is 0. The van der Waals surface area contributed by atoms with Crippen molar-refractivity contribution in [1.29, 1.82) is 0 Å². The van der Waals surface area contributed by atoms with Crippen LogP contribution in [0.2, 0.25) is 0 Å². The van der Waals surface area contributed by atoms with E-state index in [9.17, 15) is 5.11 Å². The van der Waals surface area contributed by atoms with Crippen LogP contribution in [0.4, 0.5) is 0 Å². The summed E-state index contributed by atoms with van der Waals surface area (Å²) in [6.45, 7) is 9.57. The van der Waals surface area contributed by atoms with Crippen LogP contribution in [0.5, 0.6) is 0 Å². The van der Waals surface area contributed by atoms with Crippen molar-refractivity contribution in [3.63, 3.8) is 0 Å². The first-order valence-electron chi connectivity index (χ1n) is 17.4. The van der Waals surface area contributed by atoms with E-state index in [1.807, 2.05) is 6.92 Å². The van der Waals surface area contributed by atoms with Gasteiger partial charge in [0.15, 0.2) is 6.23 Å². The third-order valence-corrected chi connectivity index (χ3v) is 8.85. The molecular formula is C35H69N2O+. The van der Waals surface area contributed by atoms with E-state index >= 15 is 0 Å². The zero-order chi connectivity index (χ0) is 27.6. The number of nitrogens with zero attached hydrogens (tertiary/aromatic N) is 2. The number of hydrogen-bond acceptors (Lipinski definition) is 2. The Balaban J connectivity index is 2.07. The molecule has 1 aliphatic rings. The maximum Gasteiger partial charge on any atom is 0.200 e. The van der Waals surface area contributed by atoms with Gasteiger partial charge >= 0.3 is 0 Å². The molecule has 0 aromatic rings. The first-order chi connectivity index (χ1) is 18.7. The van der Waals surface area contributed by atoms with Crippen LogP contribution in [0.15, 0.2) is 17.1 Å². The van der Waals surface area contributed by atoms with Gasteiger partial charge in [-0.3, -0.25) is 4.48 Å². The van der Waals surface area contributed by atoms with Crippen molar-refractivity contribution >= 4 is 5.84 Å². The number of rotatable bonds is 28. The fourth-order valence-corrected chi connectivity index (χ4v) is 6.17. The summed E-state index contributed by atoms with van der Waals surface area (Å²) in [4.78, 5) is 4.90. The fraction of sp³-hybridized carbons (Fsp3) is 0.914. The molecule has 0 fully saturated rings. The molecule has 0 saturated heterocycles. The van der Waals surface area contributed by atoms with Crippen molar-refractivity contribution in [2.24, 2.45) is 4.99 Å². The van der Waals surface area contributed by atoms with Crippen LogP contribution in [-0.4, -0.2) is 41.3 Å². The second-order valence-corrected chi connectivity index (χ2v) is 12.3. The lowest BCUT2D eigenvalue weighted by atomic mass is 10.0. The van der Waals surface area contributed by atoms with Crippen LogP contribution in [0, 0.1) is 0 Å². The van der Waals surface area contributed by atoms with Crippen LogP contribution >= 0.6 is 0 Å². The Morgan fingerprint density at radius 2 is 1.05 bits per heavy atom. The quantitative estimate of drug-likeness (QED) is 0.0605. The molecular weight excluding hydrogens is 464 g/mol. The number of allylic oxidation sites excluding steroid dienone is 2. The lowest BCUT2D eigenvalue weighted by Crippen LogP contribution is -2.57. The van der Waals surface area contributed by atoms with Crippen LogP contribution in [0.3, 0.4) is 0 Å². The summed E-state index contributed by atoms with van der Waals surface area (Å²) in [5.41, 5.74) is 0.